The third kappa shape index (κ3) is 1.40. The van der Waals surface area contributed by atoms with Gasteiger partial charge in [0.2, 0.25) is 0 Å². The molecule has 1 N–H and O–H groups in total. The van der Waals surface area contributed by atoms with E-state index in [-0.39, 0.29) is 5.60 Å². The maximum atomic E-state index is 8.77. The first-order valence-electron chi connectivity index (χ1n) is 5.48. The van der Waals surface area contributed by atoms with Gasteiger partial charge in [0.25, 0.3) is 0 Å². The molecule has 82 valence electrons. The molecular weight excluding hydrogens is 194 g/mol. The molecule has 0 radical (unpaired) electrons. The van der Waals surface area contributed by atoms with Crippen LogP contribution in [0.5, 0.6) is 0 Å². The molecule has 2 fully saturated rings. The van der Waals surface area contributed by atoms with E-state index < -0.39 is 0 Å². The highest BCUT2D eigenvalue weighted by molar-refractivity contribution is 5.95. The number of ether oxygens (including phenoxy) is 2. The van der Waals surface area contributed by atoms with Crippen molar-refractivity contribution < 1.29 is 14.7 Å². The highest BCUT2D eigenvalue weighted by Gasteiger charge is 2.62. The Kier molecular flexibility index (Phi) is 2.07. The molecule has 3 rings (SSSR count). The van der Waals surface area contributed by atoms with Gasteiger partial charge in [0.1, 0.15) is 5.60 Å². The lowest BCUT2D eigenvalue weighted by atomic mass is 9.79. The van der Waals surface area contributed by atoms with Crippen molar-refractivity contribution in [3.63, 3.8) is 0 Å². The molecule has 2 aliphatic heterocycles. The molecule has 4 nitrogen and oxygen atoms in total. The molecule has 0 aromatic carbocycles. The van der Waals surface area contributed by atoms with Gasteiger partial charge in [-0.05, 0) is 25.3 Å². The first kappa shape index (κ1) is 9.36. The van der Waals surface area contributed by atoms with Gasteiger partial charge in [-0.2, -0.15) is 0 Å². The first-order valence-corrected chi connectivity index (χ1v) is 5.48. The van der Waals surface area contributed by atoms with Crippen LogP contribution >= 0.6 is 0 Å². The summed E-state index contributed by atoms with van der Waals surface area (Å²) in [5.41, 5.74) is 0.680. The van der Waals surface area contributed by atoms with E-state index in [4.69, 9.17) is 14.7 Å². The van der Waals surface area contributed by atoms with Crippen LogP contribution in [0, 0.1) is 5.92 Å². The summed E-state index contributed by atoms with van der Waals surface area (Å²) in [6, 6.07) is 0. The van der Waals surface area contributed by atoms with Gasteiger partial charge in [-0.1, -0.05) is 11.2 Å². The molecule has 0 aromatic heterocycles. The van der Waals surface area contributed by atoms with Crippen LogP contribution in [0.4, 0.5) is 0 Å². The fourth-order valence-corrected chi connectivity index (χ4v) is 2.78. The summed E-state index contributed by atoms with van der Waals surface area (Å²) in [5, 5.41) is 12.0. The molecule has 0 amide bonds. The second-order valence-electron chi connectivity index (χ2n) is 4.53. The summed E-state index contributed by atoms with van der Waals surface area (Å²) in [5.74, 6) is 0.415. The van der Waals surface area contributed by atoms with Crippen LogP contribution in [-0.4, -0.2) is 35.8 Å². The molecule has 3 unspecified atom stereocenters. The topological polar surface area (TPSA) is 54.4 Å². The summed E-state index contributed by atoms with van der Waals surface area (Å²) in [6.45, 7) is 1.52. The highest BCUT2D eigenvalue weighted by atomic mass is 16.6. The quantitative estimate of drug-likeness (QED) is 0.403. The summed E-state index contributed by atoms with van der Waals surface area (Å²) < 4.78 is 11.3. The second-order valence-corrected chi connectivity index (χ2v) is 4.53. The third-order valence-corrected chi connectivity index (χ3v) is 3.71. The Hall–Kier alpha value is -0.870. The van der Waals surface area contributed by atoms with Gasteiger partial charge < -0.3 is 14.7 Å². The minimum Gasteiger partial charge on any atom is -0.411 e. The number of rotatable bonds is 1. The lowest BCUT2D eigenvalue weighted by Gasteiger charge is -2.28. The minimum absolute atomic E-state index is 0.0705. The van der Waals surface area contributed by atoms with Gasteiger partial charge in [0.15, 0.2) is 0 Å². The van der Waals surface area contributed by atoms with Gasteiger partial charge >= 0.3 is 0 Å². The largest absolute Gasteiger partial charge is 0.411 e. The van der Waals surface area contributed by atoms with Crippen LogP contribution in [0.15, 0.2) is 17.3 Å². The summed E-state index contributed by atoms with van der Waals surface area (Å²) >= 11 is 0. The highest BCUT2D eigenvalue weighted by Crippen LogP contribution is 2.50. The monoisotopic (exact) mass is 209 g/mol. The van der Waals surface area contributed by atoms with Crippen LogP contribution in [0.3, 0.4) is 0 Å². The van der Waals surface area contributed by atoms with Crippen molar-refractivity contribution in [1.29, 1.82) is 0 Å². The Morgan fingerprint density at radius 3 is 3.27 bits per heavy atom. The molecule has 1 aliphatic carbocycles. The Balaban J connectivity index is 1.76. The molecule has 0 saturated carbocycles. The fraction of sp³-hybridized carbons (Fsp3) is 0.727. The van der Waals surface area contributed by atoms with Crippen molar-refractivity contribution in [3.05, 3.63) is 12.2 Å². The van der Waals surface area contributed by atoms with E-state index in [0.29, 0.717) is 18.6 Å². The van der Waals surface area contributed by atoms with Crippen LogP contribution in [0.1, 0.15) is 19.3 Å². The van der Waals surface area contributed by atoms with E-state index >= 15 is 0 Å². The van der Waals surface area contributed by atoms with Gasteiger partial charge in [0.05, 0.1) is 18.4 Å². The number of epoxide rings is 1. The number of hydrogen-bond donors (Lipinski definition) is 1. The molecule has 0 aromatic rings. The lowest BCUT2D eigenvalue weighted by molar-refractivity contribution is 0.0468. The van der Waals surface area contributed by atoms with Gasteiger partial charge in [-0.25, -0.2) is 0 Å². The number of nitrogens with zero attached hydrogens (tertiary/aromatic N) is 1. The lowest BCUT2D eigenvalue weighted by Crippen LogP contribution is -2.38. The van der Waals surface area contributed by atoms with Gasteiger partial charge in [-0.3, -0.25) is 0 Å². The Labute approximate surface area is 88.6 Å². The van der Waals surface area contributed by atoms with E-state index in [1.807, 2.05) is 6.08 Å². The number of fused-ring (bicyclic) bond motifs is 1. The molecular formula is C11H15NO3. The number of oxime groups is 1. The van der Waals surface area contributed by atoms with Crippen molar-refractivity contribution in [2.45, 2.75) is 31.0 Å². The molecule has 0 spiro atoms. The molecule has 4 heteroatoms. The van der Waals surface area contributed by atoms with Crippen molar-refractivity contribution in [2.24, 2.45) is 11.1 Å². The zero-order valence-electron chi connectivity index (χ0n) is 8.56. The average molecular weight is 209 g/mol. The van der Waals surface area contributed by atoms with E-state index in [1.165, 1.54) is 0 Å². The Bertz CT molecular complexity index is 326. The Morgan fingerprint density at radius 2 is 2.47 bits per heavy atom. The predicted octanol–water partition coefficient (Wildman–Crippen LogP) is 1.34. The summed E-state index contributed by atoms with van der Waals surface area (Å²) in [4.78, 5) is 0. The van der Waals surface area contributed by atoms with Crippen molar-refractivity contribution in [1.82, 2.24) is 0 Å². The maximum Gasteiger partial charge on any atom is 0.121 e. The molecule has 2 heterocycles. The number of allylic oxidation sites excluding steroid dienone is 2. The van der Waals surface area contributed by atoms with E-state index in [2.05, 4.69) is 11.2 Å². The van der Waals surface area contributed by atoms with E-state index in [0.717, 1.165) is 31.6 Å². The van der Waals surface area contributed by atoms with Gasteiger partial charge in [0, 0.05) is 12.5 Å². The van der Waals surface area contributed by atoms with Crippen LogP contribution in [0.2, 0.25) is 0 Å². The Morgan fingerprint density at radius 1 is 1.53 bits per heavy atom. The minimum atomic E-state index is -0.0705. The first-order chi connectivity index (χ1) is 7.35. The molecule has 3 aliphatic rings. The normalized spacial score (nSPS) is 46.5. The summed E-state index contributed by atoms with van der Waals surface area (Å²) in [6.07, 6.45) is 7.12. The van der Waals surface area contributed by atoms with Crippen LogP contribution in [-0.2, 0) is 9.47 Å². The van der Waals surface area contributed by atoms with Crippen molar-refractivity contribution in [2.75, 3.05) is 13.2 Å². The molecule has 15 heavy (non-hydrogen) atoms. The maximum absolute atomic E-state index is 8.77. The summed E-state index contributed by atoms with van der Waals surface area (Å²) in [7, 11) is 0. The molecule has 2 saturated heterocycles. The van der Waals surface area contributed by atoms with E-state index in [1.54, 1.807) is 0 Å². The standard InChI is InChI=1S/C11H15NO3/c13-12-9-3-1-2-8(6-9)11-7-14-5-4-10(11)15-11/h1,3,8,10,13H,2,4-7H2/b12-9+. The smallest absolute Gasteiger partial charge is 0.121 e. The zero-order valence-corrected chi connectivity index (χ0v) is 8.56. The number of hydrogen-bond acceptors (Lipinski definition) is 4. The second kappa shape index (κ2) is 3.32. The molecule has 0 bridgehead atoms. The third-order valence-electron chi connectivity index (χ3n) is 3.71. The van der Waals surface area contributed by atoms with Crippen LogP contribution in [0.25, 0.3) is 0 Å². The predicted molar refractivity (Wildman–Crippen MR) is 54.1 cm³/mol. The van der Waals surface area contributed by atoms with Crippen molar-refractivity contribution in [3.8, 4) is 0 Å². The van der Waals surface area contributed by atoms with Crippen LogP contribution < -0.4 is 0 Å². The SMILES string of the molecule is O/N=C1\C=CCC(C23COCCC2O3)C1. The zero-order chi connectivity index (χ0) is 10.3. The fourth-order valence-electron chi connectivity index (χ4n) is 2.78. The molecule has 3 atom stereocenters. The van der Waals surface area contributed by atoms with E-state index in [9.17, 15) is 0 Å². The van der Waals surface area contributed by atoms with Crippen molar-refractivity contribution >= 4 is 5.71 Å². The average Bonchev–Trinajstić information content (AvgIpc) is 3.05. The van der Waals surface area contributed by atoms with Gasteiger partial charge in [-0.15, -0.1) is 0 Å².